The summed E-state index contributed by atoms with van der Waals surface area (Å²) in [5.74, 6) is -0.967. The zero-order valence-electron chi connectivity index (χ0n) is 12.6. The fraction of sp³-hybridized carbons (Fsp3) is 0.294. The molecule has 0 bridgehead atoms. The molecule has 5 nitrogen and oxygen atoms in total. The Hall–Kier alpha value is -2.34. The highest BCUT2D eigenvalue weighted by atomic mass is 32.1. The molecule has 1 aliphatic heterocycles. The van der Waals surface area contributed by atoms with Gasteiger partial charge >= 0.3 is 5.97 Å². The van der Waals surface area contributed by atoms with Crippen molar-refractivity contribution in [3.8, 4) is 11.3 Å². The van der Waals surface area contributed by atoms with Crippen molar-refractivity contribution in [1.82, 2.24) is 9.38 Å². The van der Waals surface area contributed by atoms with E-state index in [4.69, 9.17) is 0 Å². The van der Waals surface area contributed by atoms with Crippen LogP contribution < -0.4 is 4.90 Å². The van der Waals surface area contributed by atoms with Gasteiger partial charge in [0.1, 0.15) is 0 Å². The molecule has 2 aromatic heterocycles. The number of carboxylic acids is 1. The van der Waals surface area contributed by atoms with E-state index in [1.807, 2.05) is 34.3 Å². The van der Waals surface area contributed by atoms with Crippen molar-refractivity contribution >= 4 is 28.0 Å². The number of aromatic nitrogens is 2. The fourth-order valence-electron chi connectivity index (χ4n) is 3.14. The van der Waals surface area contributed by atoms with E-state index in [9.17, 15) is 9.90 Å². The summed E-state index contributed by atoms with van der Waals surface area (Å²) in [5.41, 5.74) is 3.09. The average Bonchev–Trinajstić information content (AvgIpc) is 3.17. The SMILES string of the molecule is O=C(O)C1CCCN(c2cccc(-c3cn4ccsc4n3)c2)C1. The molecule has 0 amide bonds. The normalized spacial score (nSPS) is 18.4. The third kappa shape index (κ3) is 2.70. The highest BCUT2D eigenvalue weighted by Gasteiger charge is 2.25. The number of fused-ring (bicyclic) bond motifs is 1. The van der Waals surface area contributed by atoms with Gasteiger partial charge in [0, 0.05) is 42.1 Å². The lowest BCUT2D eigenvalue weighted by atomic mass is 9.97. The highest BCUT2D eigenvalue weighted by molar-refractivity contribution is 7.15. The number of imidazole rings is 1. The van der Waals surface area contributed by atoms with Crippen molar-refractivity contribution in [1.29, 1.82) is 0 Å². The van der Waals surface area contributed by atoms with Crippen molar-refractivity contribution in [2.75, 3.05) is 18.0 Å². The molecule has 1 N–H and O–H groups in total. The summed E-state index contributed by atoms with van der Waals surface area (Å²) in [6, 6.07) is 8.22. The lowest BCUT2D eigenvalue weighted by Crippen LogP contribution is -2.38. The first-order valence-corrected chi connectivity index (χ1v) is 8.59. The Morgan fingerprint density at radius 1 is 1.39 bits per heavy atom. The molecule has 1 saturated heterocycles. The monoisotopic (exact) mass is 327 g/mol. The summed E-state index contributed by atoms with van der Waals surface area (Å²) >= 11 is 1.61. The van der Waals surface area contributed by atoms with Crippen molar-refractivity contribution < 1.29 is 9.90 Å². The van der Waals surface area contributed by atoms with Crippen LogP contribution in [0.15, 0.2) is 42.0 Å². The second-order valence-corrected chi connectivity index (χ2v) is 6.77. The lowest BCUT2D eigenvalue weighted by molar-refractivity contribution is -0.141. The van der Waals surface area contributed by atoms with E-state index in [-0.39, 0.29) is 5.92 Å². The second-order valence-electron chi connectivity index (χ2n) is 5.89. The van der Waals surface area contributed by atoms with Gasteiger partial charge in [-0.2, -0.15) is 0 Å². The smallest absolute Gasteiger partial charge is 0.308 e. The van der Waals surface area contributed by atoms with Gasteiger partial charge in [0.25, 0.3) is 0 Å². The highest BCUT2D eigenvalue weighted by Crippen LogP contribution is 2.28. The van der Waals surface area contributed by atoms with E-state index in [0.717, 1.165) is 41.3 Å². The Bertz CT molecular complexity index is 826. The number of aliphatic carboxylic acids is 1. The predicted octanol–water partition coefficient (Wildman–Crippen LogP) is 3.36. The van der Waals surface area contributed by atoms with E-state index in [0.29, 0.717) is 6.54 Å². The molecular weight excluding hydrogens is 310 g/mol. The number of piperidine rings is 1. The third-order valence-corrected chi connectivity index (χ3v) is 5.14. The number of benzene rings is 1. The molecule has 1 aromatic carbocycles. The Morgan fingerprint density at radius 2 is 2.30 bits per heavy atom. The van der Waals surface area contributed by atoms with Crippen LogP contribution in [0.3, 0.4) is 0 Å². The Kier molecular flexibility index (Phi) is 3.53. The summed E-state index contributed by atoms with van der Waals surface area (Å²) in [7, 11) is 0. The van der Waals surface area contributed by atoms with E-state index in [1.54, 1.807) is 11.3 Å². The summed E-state index contributed by atoms with van der Waals surface area (Å²) in [5, 5.41) is 11.3. The first-order valence-electron chi connectivity index (χ1n) is 7.71. The van der Waals surface area contributed by atoms with Gasteiger partial charge in [0.2, 0.25) is 0 Å². The van der Waals surface area contributed by atoms with Gasteiger partial charge in [0.05, 0.1) is 11.6 Å². The molecule has 1 aliphatic rings. The molecule has 3 heterocycles. The second kappa shape index (κ2) is 5.70. The van der Waals surface area contributed by atoms with Crippen LogP contribution >= 0.6 is 11.3 Å². The fourth-order valence-corrected chi connectivity index (χ4v) is 3.84. The van der Waals surface area contributed by atoms with Crippen LogP contribution in [0, 0.1) is 5.92 Å². The Balaban J connectivity index is 1.63. The molecular formula is C17H17N3O2S. The molecule has 23 heavy (non-hydrogen) atoms. The largest absolute Gasteiger partial charge is 0.481 e. The van der Waals surface area contributed by atoms with Gasteiger partial charge in [-0.15, -0.1) is 11.3 Å². The van der Waals surface area contributed by atoms with E-state index >= 15 is 0 Å². The summed E-state index contributed by atoms with van der Waals surface area (Å²) in [6.07, 6.45) is 5.72. The summed E-state index contributed by atoms with van der Waals surface area (Å²) in [6.45, 7) is 1.49. The number of nitrogens with zero attached hydrogens (tertiary/aromatic N) is 3. The molecule has 1 unspecified atom stereocenters. The standard InChI is InChI=1S/C17H17N3O2S/c21-16(22)13-4-2-6-19(10-13)14-5-1-3-12(9-14)15-11-20-7-8-23-17(20)18-15/h1,3,5,7-9,11,13H,2,4,6,10H2,(H,21,22). The first-order chi connectivity index (χ1) is 11.2. The van der Waals surface area contributed by atoms with Gasteiger partial charge < -0.3 is 10.0 Å². The maximum atomic E-state index is 11.3. The summed E-state index contributed by atoms with van der Waals surface area (Å²) < 4.78 is 2.02. The number of hydrogen-bond acceptors (Lipinski definition) is 4. The average molecular weight is 327 g/mol. The van der Waals surface area contributed by atoms with Crippen LogP contribution in [0.2, 0.25) is 0 Å². The Labute approximate surface area is 137 Å². The number of hydrogen-bond donors (Lipinski definition) is 1. The van der Waals surface area contributed by atoms with Gasteiger partial charge in [-0.1, -0.05) is 12.1 Å². The minimum atomic E-state index is -0.694. The van der Waals surface area contributed by atoms with Crippen LogP contribution in [-0.4, -0.2) is 33.6 Å². The molecule has 6 heteroatoms. The van der Waals surface area contributed by atoms with Crippen LogP contribution in [-0.2, 0) is 4.79 Å². The van der Waals surface area contributed by atoms with Crippen molar-refractivity contribution in [2.24, 2.45) is 5.92 Å². The van der Waals surface area contributed by atoms with E-state index < -0.39 is 5.97 Å². The number of rotatable bonds is 3. The van der Waals surface area contributed by atoms with Gasteiger partial charge in [0.15, 0.2) is 4.96 Å². The predicted molar refractivity (Wildman–Crippen MR) is 91.1 cm³/mol. The van der Waals surface area contributed by atoms with E-state index in [2.05, 4.69) is 22.0 Å². The molecule has 0 spiro atoms. The van der Waals surface area contributed by atoms with E-state index in [1.165, 1.54) is 0 Å². The molecule has 1 atom stereocenters. The van der Waals surface area contributed by atoms with Crippen LogP contribution in [0.1, 0.15) is 12.8 Å². The zero-order valence-corrected chi connectivity index (χ0v) is 13.4. The maximum Gasteiger partial charge on any atom is 0.308 e. The molecule has 4 rings (SSSR count). The van der Waals surface area contributed by atoms with Gasteiger partial charge in [-0.3, -0.25) is 9.20 Å². The molecule has 118 valence electrons. The molecule has 1 fully saturated rings. The molecule has 0 aliphatic carbocycles. The van der Waals surface area contributed by atoms with Crippen molar-refractivity contribution in [2.45, 2.75) is 12.8 Å². The lowest BCUT2D eigenvalue weighted by Gasteiger charge is -2.32. The molecule has 0 saturated carbocycles. The molecule has 3 aromatic rings. The Morgan fingerprint density at radius 3 is 3.13 bits per heavy atom. The van der Waals surface area contributed by atoms with Crippen molar-refractivity contribution in [3.05, 3.63) is 42.0 Å². The van der Waals surface area contributed by atoms with Gasteiger partial charge in [-0.05, 0) is 25.0 Å². The minimum absolute atomic E-state index is 0.273. The first kappa shape index (κ1) is 14.3. The third-order valence-electron chi connectivity index (χ3n) is 4.37. The number of thiazole rings is 1. The zero-order chi connectivity index (χ0) is 15.8. The quantitative estimate of drug-likeness (QED) is 0.801. The van der Waals surface area contributed by atoms with Crippen LogP contribution in [0.5, 0.6) is 0 Å². The maximum absolute atomic E-state index is 11.3. The number of carboxylic acid groups (broad SMARTS) is 1. The number of anilines is 1. The van der Waals surface area contributed by atoms with Crippen LogP contribution in [0.4, 0.5) is 5.69 Å². The van der Waals surface area contributed by atoms with Crippen molar-refractivity contribution in [3.63, 3.8) is 0 Å². The van der Waals surface area contributed by atoms with Crippen LogP contribution in [0.25, 0.3) is 16.2 Å². The molecule has 0 radical (unpaired) electrons. The van der Waals surface area contributed by atoms with Gasteiger partial charge in [-0.25, -0.2) is 4.98 Å². The number of carbonyl (C=O) groups is 1. The summed E-state index contributed by atoms with van der Waals surface area (Å²) in [4.78, 5) is 19.0. The topological polar surface area (TPSA) is 57.8 Å². The minimum Gasteiger partial charge on any atom is -0.481 e.